The summed E-state index contributed by atoms with van der Waals surface area (Å²) in [4.78, 5) is 5.10. The van der Waals surface area contributed by atoms with Crippen LogP contribution < -0.4 is 38.2 Å². The van der Waals surface area contributed by atoms with Gasteiger partial charge in [0.05, 0.1) is 11.0 Å². The van der Waals surface area contributed by atoms with Crippen molar-refractivity contribution >= 4 is 126 Å². The number of imidazole rings is 1. The third-order valence-electron chi connectivity index (χ3n) is 11.9. The Morgan fingerprint density at radius 1 is 0.421 bits per heavy atom. The summed E-state index contributed by atoms with van der Waals surface area (Å²) in [5, 5.41) is 4.04. The number of hydrogen-bond acceptors (Lipinski definition) is 1. The fourth-order valence-electron chi connectivity index (χ4n) is 9.43. The third kappa shape index (κ3) is 4.97. The minimum atomic E-state index is -0.729. The number of hydrogen-bond donors (Lipinski definition) is 0. The van der Waals surface area contributed by atoms with E-state index in [1.54, 1.807) is 0 Å². The second-order valence-corrected chi connectivity index (χ2v) is 15.4. The van der Waals surface area contributed by atoms with Crippen LogP contribution >= 0.6 is 0 Å². The summed E-state index contributed by atoms with van der Waals surface area (Å²) in [7, 11) is 47.8. The first kappa shape index (κ1) is 35.6. The van der Waals surface area contributed by atoms with Gasteiger partial charge in [0.25, 0.3) is 0 Å². The number of aromatic nitrogens is 2. The molecule has 0 N–H and O–H groups in total. The number of fused-ring (bicyclic) bond motifs is 6. The smallest absolute Gasteiger partial charge is 0.145 e. The number of rotatable bonds is 4. The van der Waals surface area contributed by atoms with E-state index in [-0.39, 0.29) is 10.9 Å². The van der Waals surface area contributed by atoms with Gasteiger partial charge in [-0.05, 0) is 90.3 Å². The van der Waals surface area contributed by atoms with Crippen LogP contribution in [0.4, 0.5) is 0 Å². The van der Waals surface area contributed by atoms with E-state index in [1.807, 2.05) is 36.4 Å². The lowest BCUT2D eigenvalue weighted by Gasteiger charge is -2.30. The molecule has 1 aliphatic carbocycles. The van der Waals surface area contributed by atoms with Gasteiger partial charge in [0.1, 0.15) is 60.7 Å². The average Bonchev–Trinajstić information content (AvgIpc) is 3.74. The van der Waals surface area contributed by atoms with Crippen molar-refractivity contribution in [2.24, 2.45) is 0 Å². The molecular weight excluding hydrogens is 680 g/mol. The summed E-state index contributed by atoms with van der Waals surface area (Å²) >= 11 is 0. The van der Waals surface area contributed by atoms with Gasteiger partial charge in [0, 0.05) is 16.7 Å². The van der Waals surface area contributed by atoms with Gasteiger partial charge >= 0.3 is 0 Å². The van der Waals surface area contributed by atoms with E-state index in [9.17, 15) is 0 Å². The Labute approximate surface area is 342 Å². The quantitative estimate of drug-likeness (QED) is 0.198. The molecular formula is C48H27B7N2. The Kier molecular flexibility index (Phi) is 8.04. The van der Waals surface area contributed by atoms with E-state index in [0.717, 1.165) is 77.5 Å². The fourth-order valence-corrected chi connectivity index (χ4v) is 9.43. The highest BCUT2D eigenvalue weighted by Crippen LogP contribution is 2.48. The van der Waals surface area contributed by atoms with Gasteiger partial charge in [-0.1, -0.05) is 144 Å². The van der Waals surface area contributed by atoms with Gasteiger partial charge in [-0.15, -0.1) is 10.9 Å². The van der Waals surface area contributed by atoms with Gasteiger partial charge in [0.15, 0.2) is 0 Å². The van der Waals surface area contributed by atoms with Crippen LogP contribution in [0, 0.1) is 0 Å². The van der Waals surface area contributed by atoms with Gasteiger partial charge in [-0.3, -0.25) is 4.57 Å². The zero-order chi connectivity index (χ0) is 39.5. The highest BCUT2D eigenvalue weighted by atomic mass is 15.1. The number of para-hydroxylation sites is 2. The van der Waals surface area contributed by atoms with Crippen LogP contribution in [0.25, 0.3) is 83.0 Å². The molecule has 14 radical (unpaired) electrons. The van der Waals surface area contributed by atoms with Gasteiger partial charge < -0.3 is 0 Å². The molecule has 1 aliphatic rings. The second-order valence-electron chi connectivity index (χ2n) is 15.4. The monoisotopic (exact) mass is 708 g/mol. The maximum atomic E-state index is 7.39. The molecule has 1 heterocycles. The predicted molar refractivity (Wildman–Crippen MR) is 248 cm³/mol. The summed E-state index contributed by atoms with van der Waals surface area (Å²) in [6.45, 7) is 4.11. The van der Waals surface area contributed by atoms with Crippen molar-refractivity contribution in [3.8, 4) is 50.5 Å². The van der Waals surface area contributed by atoms with Gasteiger partial charge in [-0.25, -0.2) is 4.98 Å². The first-order chi connectivity index (χ1) is 27.5. The Bertz CT molecular complexity index is 3130. The Morgan fingerprint density at radius 3 is 1.56 bits per heavy atom. The van der Waals surface area contributed by atoms with Crippen molar-refractivity contribution in [3.05, 3.63) is 139 Å². The largest absolute Gasteiger partial charge is 0.292 e. The standard InChI is InChI=1S/C48H27B7N2/c1-48(2)38-35(36-39(48)44(53)46(55)45(54)42(36)51)41(50)43(52)37(40(38)49)34-29-19-8-6-17-27(29)33(28-18-7-9-20-30(28)34)25-15-12-16-26(23-25)57-32-22-11-10-21-31(32)56-47(57)24-13-4-3-5-14-24/h3-23H,1-2H3. The molecule has 57 heavy (non-hydrogen) atoms. The zero-order valence-corrected chi connectivity index (χ0v) is 31.6. The predicted octanol–water partition coefficient (Wildman–Crippen LogP) is 4.20. The summed E-state index contributed by atoms with van der Waals surface area (Å²) in [6, 6.07) is 44.0. The van der Waals surface area contributed by atoms with Crippen LogP contribution in [-0.2, 0) is 5.41 Å². The first-order valence-electron chi connectivity index (χ1n) is 18.9. The summed E-state index contributed by atoms with van der Waals surface area (Å²) in [5.41, 5.74) is 12.1. The van der Waals surface area contributed by atoms with Crippen LogP contribution in [-0.4, -0.2) is 64.5 Å². The fraction of sp³-hybridized carbons (Fsp3) is 0.0625. The molecule has 1 aromatic heterocycles. The van der Waals surface area contributed by atoms with Crippen molar-refractivity contribution in [1.29, 1.82) is 0 Å². The molecule has 0 unspecified atom stereocenters. The third-order valence-corrected chi connectivity index (χ3v) is 11.9. The van der Waals surface area contributed by atoms with Crippen LogP contribution in [0.1, 0.15) is 25.0 Å². The second kappa shape index (κ2) is 12.9. The van der Waals surface area contributed by atoms with Crippen molar-refractivity contribution in [3.63, 3.8) is 0 Å². The molecule has 0 saturated carbocycles. The Balaban J connectivity index is 1.25. The molecule has 250 valence electrons. The van der Waals surface area contributed by atoms with E-state index in [1.165, 1.54) is 0 Å². The molecule has 0 saturated heterocycles. The van der Waals surface area contributed by atoms with E-state index in [0.29, 0.717) is 44.0 Å². The molecule has 0 spiro atoms. The highest BCUT2D eigenvalue weighted by molar-refractivity contribution is 6.65. The van der Waals surface area contributed by atoms with E-state index >= 15 is 0 Å². The summed E-state index contributed by atoms with van der Waals surface area (Å²) in [6.07, 6.45) is 0. The number of nitrogens with zero attached hydrogens (tertiary/aromatic N) is 2. The van der Waals surface area contributed by atoms with Crippen LogP contribution in [0.15, 0.2) is 127 Å². The van der Waals surface area contributed by atoms with E-state index in [4.69, 9.17) is 59.9 Å². The summed E-state index contributed by atoms with van der Waals surface area (Å²) < 4.78 is 2.24. The highest BCUT2D eigenvalue weighted by Gasteiger charge is 2.41. The minimum absolute atomic E-state index is 0.213. The van der Waals surface area contributed by atoms with E-state index < -0.39 is 5.41 Å². The molecule has 0 bridgehead atoms. The molecule has 0 amide bonds. The lowest BCUT2D eigenvalue weighted by atomic mass is 9.61. The normalized spacial score (nSPS) is 13.0. The average molecular weight is 707 g/mol. The van der Waals surface area contributed by atoms with E-state index in [2.05, 4.69) is 109 Å². The Hall–Kier alpha value is -5.80. The van der Waals surface area contributed by atoms with Crippen molar-refractivity contribution in [1.82, 2.24) is 9.55 Å². The van der Waals surface area contributed by atoms with Crippen LogP contribution in [0.3, 0.4) is 0 Å². The van der Waals surface area contributed by atoms with Crippen molar-refractivity contribution < 1.29 is 0 Å². The van der Waals surface area contributed by atoms with Crippen LogP contribution in [0.5, 0.6) is 0 Å². The molecule has 9 heteroatoms. The van der Waals surface area contributed by atoms with Gasteiger partial charge in [-0.2, -0.15) is 0 Å². The minimum Gasteiger partial charge on any atom is -0.292 e. The lowest BCUT2D eigenvalue weighted by Crippen LogP contribution is -2.51. The topological polar surface area (TPSA) is 17.8 Å². The molecule has 2 nitrogen and oxygen atoms in total. The van der Waals surface area contributed by atoms with Crippen LogP contribution in [0.2, 0.25) is 0 Å². The number of benzene rings is 8. The Morgan fingerprint density at radius 2 is 0.912 bits per heavy atom. The lowest BCUT2D eigenvalue weighted by molar-refractivity contribution is 0.670. The molecule has 8 aromatic carbocycles. The van der Waals surface area contributed by atoms with Crippen molar-refractivity contribution in [2.75, 3.05) is 0 Å². The molecule has 0 aliphatic heterocycles. The maximum absolute atomic E-state index is 7.39. The SMILES string of the molecule is [B]c1c([B])c([B])c2c(c1[B])-c1c([B])c([B])c(-c3c4ccccc4c(-c4cccc(-n5c(-c6ccccc6)nc6ccccc65)c4)c4ccccc34)c([B])c1C2(C)C. The molecule has 10 rings (SSSR count). The summed E-state index contributed by atoms with van der Waals surface area (Å²) in [5.74, 6) is 0.873. The zero-order valence-electron chi connectivity index (χ0n) is 31.6. The molecule has 0 fully saturated rings. The first-order valence-corrected chi connectivity index (χ1v) is 18.9. The maximum Gasteiger partial charge on any atom is 0.145 e. The molecule has 9 aromatic rings. The molecule has 0 atom stereocenters. The van der Waals surface area contributed by atoms with Crippen molar-refractivity contribution in [2.45, 2.75) is 19.3 Å². The van der Waals surface area contributed by atoms with Gasteiger partial charge in [0.2, 0.25) is 0 Å².